The van der Waals surface area contributed by atoms with Crippen molar-refractivity contribution in [3.63, 3.8) is 0 Å². The number of tetrazole rings is 1. The molecule has 0 saturated carbocycles. The van der Waals surface area contributed by atoms with Crippen molar-refractivity contribution in [2.75, 3.05) is 13.2 Å². The molecule has 7 nitrogen and oxygen atoms in total. The summed E-state index contributed by atoms with van der Waals surface area (Å²) in [6.45, 7) is -0.561. The van der Waals surface area contributed by atoms with Crippen molar-refractivity contribution >= 4 is 12.4 Å². The number of hydrogen-bond donors (Lipinski definition) is 0. The maximum atomic E-state index is 12.2. The van der Waals surface area contributed by atoms with Gasteiger partial charge < -0.3 is 9.47 Å². The molecule has 2 saturated heterocycles. The Bertz CT molecular complexity index is 684. The molecule has 0 spiro atoms. The van der Waals surface area contributed by atoms with Gasteiger partial charge in [-0.15, -0.1) is 17.5 Å². The summed E-state index contributed by atoms with van der Waals surface area (Å²) in [6, 6.07) is 6.66. The molecule has 0 radical (unpaired) electrons. The summed E-state index contributed by atoms with van der Waals surface area (Å²) in [5.41, 5.74) is 0.701. The molecular formula is C14H16ClF2N5O2. The highest BCUT2D eigenvalue weighted by molar-refractivity contribution is 5.85. The highest BCUT2D eigenvalue weighted by Crippen LogP contribution is 2.29. The lowest BCUT2D eigenvalue weighted by Crippen LogP contribution is -2.37. The first-order chi connectivity index (χ1) is 11.2. The molecule has 24 heavy (non-hydrogen) atoms. The first kappa shape index (κ1) is 17.0. The van der Waals surface area contributed by atoms with Crippen LogP contribution in [0.1, 0.15) is 12.2 Å². The van der Waals surface area contributed by atoms with Crippen LogP contribution in [-0.2, 0) is 11.3 Å². The minimum absolute atomic E-state index is 0. The Morgan fingerprint density at radius 2 is 2.08 bits per heavy atom. The number of likely N-dealkylation sites (tertiary alicyclic amines) is 1. The quantitative estimate of drug-likeness (QED) is 0.809. The predicted octanol–water partition coefficient (Wildman–Crippen LogP) is 1.66. The van der Waals surface area contributed by atoms with E-state index in [4.69, 9.17) is 4.74 Å². The Kier molecular flexibility index (Phi) is 4.93. The van der Waals surface area contributed by atoms with E-state index in [1.165, 1.54) is 12.1 Å². The molecule has 2 atom stereocenters. The number of hydrogen-bond acceptors (Lipinski definition) is 6. The lowest BCUT2D eigenvalue weighted by atomic mass is 10.2. The van der Waals surface area contributed by atoms with E-state index in [1.807, 2.05) is 0 Å². The van der Waals surface area contributed by atoms with E-state index in [9.17, 15) is 8.78 Å². The van der Waals surface area contributed by atoms with Crippen LogP contribution in [0, 0.1) is 0 Å². The van der Waals surface area contributed by atoms with Gasteiger partial charge in [-0.2, -0.15) is 13.5 Å². The zero-order valence-corrected chi connectivity index (χ0v) is 13.4. The SMILES string of the molecule is Cl.FC(F)Oc1ccc(-n2nnnc2CN2C[C@@H]3C[C@H]2CO3)cc1. The average molecular weight is 360 g/mol. The zero-order valence-electron chi connectivity index (χ0n) is 12.6. The number of nitrogens with zero attached hydrogens (tertiary/aromatic N) is 5. The van der Waals surface area contributed by atoms with Crippen LogP contribution >= 0.6 is 12.4 Å². The molecule has 4 rings (SSSR count). The second-order valence-corrected chi connectivity index (χ2v) is 5.65. The number of rotatable bonds is 5. The van der Waals surface area contributed by atoms with Crippen LogP contribution in [0.5, 0.6) is 5.75 Å². The van der Waals surface area contributed by atoms with Crippen LogP contribution in [0.25, 0.3) is 5.69 Å². The maximum absolute atomic E-state index is 12.2. The van der Waals surface area contributed by atoms with E-state index >= 15 is 0 Å². The van der Waals surface area contributed by atoms with Gasteiger partial charge in [-0.05, 0) is 41.1 Å². The Balaban J connectivity index is 0.00000169. The summed E-state index contributed by atoms with van der Waals surface area (Å²) >= 11 is 0. The lowest BCUT2D eigenvalue weighted by molar-refractivity contribution is -0.0498. The summed E-state index contributed by atoms with van der Waals surface area (Å²) in [5.74, 6) is 0.812. The monoisotopic (exact) mass is 359 g/mol. The smallest absolute Gasteiger partial charge is 0.387 e. The molecule has 0 aliphatic carbocycles. The van der Waals surface area contributed by atoms with Gasteiger partial charge in [0, 0.05) is 12.6 Å². The molecule has 0 N–H and O–H groups in total. The highest BCUT2D eigenvalue weighted by atomic mass is 35.5. The van der Waals surface area contributed by atoms with E-state index in [0.717, 1.165) is 19.6 Å². The minimum atomic E-state index is -2.84. The minimum Gasteiger partial charge on any atom is -0.435 e. The summed E-state index contributed by atoms with van der Waals surface area (Å²) in [7, 11) is 0. The number of halogens is 3. The van der Waals surface area contributed by atoms with E-state index in [-0.39, 0.29) is 18.2 Å². The first-order valence-corrected chi connectivity index (χ1v) is 7.37. The van der Waals surface area contributed by atoms with Crippen molar-refractivity contribution in [2.45, 2.75) is 31.7 Å². The van der Waals surface area contributed by atoms with Gasteiger partial charge in [-0.25, -0.2) is 0 Å². The molecule has 2 fully saturated rings. The fourth-order valence-electron chi connectivity index (χ4n) is 3.13. The topological polar surface area (TPSA) is 65.3 Å². The van der Waals surface area contributed by atoms with E-state index in [2.05, 4.69) is 25.2 Å². The zero-order chi connectivity index (χ0) is 15.8. The van der Waals surface area contributed by atoms with Gasteiger partial charge in [-0.3, -0.25) is 4.90 Å². The molecule has 10 heteroatoms. The largest absolute Gasteiger partial charge is 0.435 e. The van der Waals surface area contributed by atoms with Gasteiger partial charge >= 0.3 is 6.61 Å². The fourth-order valence-corrected chi connectivity index (χ4v) is 3.13. The van der Waals surface area contributed by atoms with E-state index in [1.54, 1.807) is 16.8 Å². The van der Waals surface area contributed by atoms with Crippen molar-refractivity contribution in [3.8, 4) is 11.4 Å². The highest BCUT2D eigenvalue weighted by Gasteiger charge is 2.39. The van der Waals surface area contributed by atoms with Crippen LogP contribution in [-0.4, -0.2) is 57.0 Å². The lowest BCUT2D eigenvalue weighted by Gasteiger charge is -2.25. The van der Waals surface area contributed by atoms with Crippen molar-refractivity contribution in [1.29, 1.82) is 0 Å². The van der Waals surface area contributed by atoms with Crippen LogP contribution in [0.2, 0.25) is 0 Å². The standard InChI is InChI=1S/C14H15F2N5O2.ClH/c15-14(16)23-11-3-1-9(2-4-11)21-13(17-18-19-21)7-20-6-12-5-10(20)8-22-12;/h1-4,10,12,14H,5-8H2;1H/t10-,12-;/m0./s1. The van der Waals surface area contributed by atoms with Gasteiger partial charge in [0.05, 0.1) is 24.9 Å². The molecular weight excluding hydrogens is 344 g/mol. The maximum Gasteiger partial charge on any atom is 0.387 e. The second kappa shape index (κ2) is 6.96. The molecule has 1 aromatic carbocycles. The molecule has 3 heterocycles. The summed E-state index contributed by atoms with van der Waals surface area (Å²) in [4.78, 5) is 2.31. The first-order valence-electron chi connectivity index (χ1n) is 7.37. The van der Waals surface area contributed by atoms with Gasteiger partial charge in [0.25, 0.3) is 0 Å². The molecule has 130 valence electrons. The number of benzene rings is 1. The Labute approximate surface area is 142 Å². The Morgan fingerprint density at radius 1 is 1.29 bits per heavy atom. The Morgan fingerprint density at radius 3 is 2.71 bits per heavy atom. The van der Waals surface area contributed by atoms with Crippen LogP contribution in [0.4, 0.5) is 8.78 Å². The third-order valence-electron chi connectivity index (χ3n) is 4.20. The number of alkyl halides is 2. The van der Waals surface area contributed by atoms with Crippen LogP contribution in [0.3, 0.4) is 0 Å². The van der Waals surface area contributed by atoms with Gasteiger partial charge in [0.2, 0.25) is 0 Å². The van der Waals surface area contributed by atoms with E-state index in [0.29, 0.717) is 30.2 Å². The Hall–Kier alpha value is -1.84. The van der Waals surface area contributed by atoms with Gasteiger partial charge in [0.15, 0.2) is 5.82 Å². The molecule has 1 aromatic heterocycles. The van der Waals surface area contributed by atoms with Crippen LogP contribution in [0.15, 0.2) is 24.3 Å². The third kappa shape index (κ3) is 3.33. The summed E-state index contributed by atoms with van der Waals surface area (Å²) in [5, 5.41) is 11.8. The number of aromatic nitrogens is 4. The number of morpholine rings is 1. The average Bonchev–Trinajstić information content (AvgIpc) is 3.24. The molecule has 0 amide bonds. The number of ether oxygens (including phenoxy) is 2. The molecule has 2 aliphatic rings. The van der Waals surface area contributed by atoms with Crippen LogP contribution < -0.4 is 4.74 Å². The molecule has 0 unspecified atom stereocenters. The van der Waals surface area contributed by atoms with Crippen molar-refractivity contribution in [3.05, 3.63) is 30.1 Å². The second-order valence-electron chi connectivity index (χ2n) is 5.65. The molecule has 2 aliphatic heterocycles. The normalized spacial score (nSPS) is 22.8. The predicted molar refractivity (Wildman–Crippen MR) is 81.6 cm³/mol. The summed E-state index contributed by atoms with van der Waals surface area (Å²) < 4.78 is 35.9. The van der Waals surface area contributed by atoms with E-state index < -0.39 is 6.61 Å². The van der Waals surface area contributed by atoms with Crippen molar-refractivity contribution < 1.29 is 18.3 Å². The van der Waals surface area contributed by atoms with Gasteiger partial charge in [-0.1, -0.05) is 0 Å². The number of fused-ring (bicyclic) bond motifs is 2. The van der Waals surface area contributed by atoms with Crippen molar-refractivity contribution in [2.24, 2.45) is 0 Å². The van der Waals surface area contributed by atoms with Gasteiger partial charge in [0.1, 0.15) is 5.75 Å². The fraction of sp³-hybridized carbons (Fsp3) is 0.500. The third-order valence-corrected chi connectivity index (χ3v) is 4.20. The molecule has 2 bridgehead atoms. The molecule has 2 aromatic rings. The van der Waals surface area contributed by atoms with Crippen molar-refractivity contribution in [1.82, 2.24) is 25.1 Å². The summed E-state index contributed by atoms with van der Waals surface area (Å²) in [6.07, 6.45) is 1.37.